The number of aromatic amines is 1. The van der Waals surface area contributed by atoms with E-state index in [0.717, 1.165) is 16.8 Å². The highest BCUT2D eigenvalue weighted by Gasteiger charge is 2.21. The number of nitrogens with zero attached hydrogens (tertiary/aromatic N) is 1. The topological polar surface area (TPSA) is 78.0 Å². The molecule has 3 aromatic rings. The van der Waals surface area contributed by atoms with Gasteiger partial charge in [-0.2, -0.15) is 5.10 Å². The smallest absolute Gasteiger partial charge is 0.337 e. The SMILES string of the molecule is CC(Nc1ccccc1C(=O)O)c1c(-c2ccccc2)n[nH]c1Cl. The Morgan fingerprint density at radius 1 is 1.17 bits per heavy atom. The zero-order valence-corrected chi connectivity index (χ0v) is 13.7. The molecule has 6 heteroatoms. The van der Waals surface area contributed by atoms with Crippen molar-refractivity contribution in [3.05, 3.63) is 70.9 Å². The van der Waals surface area contributed by atoms with E-state index in [1.54, 1.807) is 24.3 Å². The van der Waals surface area contributed by atoms with E-state index in [1.807, 2.05) is 37.3 Å². The van der Waals surface area contributed by atoms with Crippen LogP contribution in [-0.4, -0.2) is 21.3 Å². The first-order valence-corrected chi connectivity index (χ1v) is 7.83. The fourth-order valence-electron chi connectivity index (χ4n) is 2.64. The molecule has 1 aromatic heterocycles. The van der Waals surface area contributed by atoms with Crippen molar-refractivity contribution in [3.8, 4) is 11.3 Å². The Bertz CT molecular complexity index is 862. The first-order chi connectivity index (χ1) is 11.6. The molecule has 3 rings (SSSR count). The Labute approximate surface area is 144 Å². The lowest BCUT2D eigenvalue weighted by Crippen LogP contribution is -2.11. The minimum atomic E-state index is -0.980. The van der Waals surface area contributed by atoms with E-state index in [0.29, 0.717) is 10.8 Å². The van der Waals surface area contributed by atoms with Gasteiger partial charge >= 0.3 is 5.97 Å². The van der Waals surface area contributed by atoms with Gasteiger partial charge in [0.2, 0.25) is 0 Å². The molecule has 0 aliphatic heterocycles. The third-order valence-electron chi connectivity index (χ3n) is 3.77. The molecule has 2 aromatic carbocycles. The molecule has 1 unspecified atom stereocenters. The van der Waals surface area contributed by atoms with E-state index < -0.39 is 5.97 Å². The van der Waals surface area contributed by atoms with Crippen LogP contribution in [0.4, 0.5) is 5.69 Å². The van der Waals surface area contributed by atoms with Crippen LogP contribution in [0, 0.1) is 0 Å². The number of hydrogen-bond acceptors (Lipinski definition) is 3. The minimum Gasteiger partial charge on any atom is -0.478 e. The molecule has 0 radical (unpaired) electrons. The molecule has 0 saturated heterocycles. The Balaban J connectivity index is 1.96. The first kappa shape index (κ1) is 16.1. The van der Waals surface area contributed by atoms with Gasteiger partial charge in [0.1, 0.15) is 5.15 Å². The first-order valence-electron chi connectivity index (χ1n) is 7.46. The number of carbonyl (C=O) groups is 1. The van der Waals surface area contributed by atoms with Crippen molar-refractivity contribution in [1.29, 1.82) is 0 Å². The van der Waals surface area contributed by atoms with Gasteiger partial charge < -0.3 is 10.4 Å². The van der Waals surface area contributed by atoms with Crippen molar-refractivity contribution in [2.45, 2.75) is 13.0 Å². The van der Waals surface area contributed by atoms with E-state index in [4.69, 9.17) is 11.6 Å². The third-order valence-corrected chi connectivity index (χ3v) is 4.06. The largest absolute Gasteiger partial charge is 0.478 e. The maximum absolute atomic E-state index is 11.4. The van der Waals surface area contributed by atoms with E-state index in [1.165, 1.54) is 0 Å². The lowest BCUT2D eigenvalue weighted by Gasteiger charge is -2.17. The molecule has 1 heterocycles. The fraction of sp³-hybridized carbons (Fsp3) is 0.111. The van der Waals surface area contributed by atoms with Crippen molar-refractivity contribution >= 4 is 23.3 Å². The summed E-state index contributed by atoms with van der Waals surface area (Å²) < 4.78 is 0. The van der Waals surface area contributed by atoms with Gasteiger partial charge in [-0.25, -0.2) is 4.79 Å². The zero-order valence-electron chi connectivity index (χ0n) is 13.0. The summed E-state index contributed by atoms with van der Waals surface area (Å²) in [6.07, 6.45) is 0. The summed E-state index contributed by atoms with van der Waals surface area (Å²) >= 11 is 6.28. The van der Waals surface area contributed by atoms with Crippen molar-refractivity contribution in [2.24, 2.45) is 0 Å². The number of hydrogen-bond donors (Lipinski definition) is 3. The number of rotatable bonds is 5. The molecular weight excluding hydrogens is 326 g/mol. The molecule has 1 atom stereocenters. The predicted octanol–water partition coefficient (Wildman–Crippen LogP) is 4.60. The van der Waals surface area contributed by atoms with Gasteiger partial charge in [-0.05, 0) is 19.1 Å². The van der Waals surface area contributed by atoms with Crippen LogP contribution >= 0.6 is 11.6 Å². The number of aromatic carboxylic acids is 1. The summed E-state index contributed by atoms with van der Waals surface area (Å²) in [4.78, 5) is 11.4. The third kappa shape index (κ3) is 3.12. The molecule has 0 aliphatic rings. The second-order valence-electron chi connectivity index (χ2n) is 5.38. The maximum Gasteiger partial charge on any atom is 0.337 e. The molecule has 122 valence electrons. The van der Waals surface area contributed by atoms with E-state index in [-0.39, 0.29) is 11.6 Å². The number of benzene rings is 2. The van der Waals surface area contributed by atoms with Gasteiger partial charge in [-0.3, -0.25) is 5.10 Å². The average molecular weight is 342 g/mol. The highest BCUT2D eigenvalue weighted by molar-refractivity contribution is 6.30. The lowest BCUT2D eigenvalue weighted by molar-refractivity contribution is 0.0698. The van der Waals surface area contributed by atoms with Gasteiger partial charge in [0, 0.05) is 16.8 Å². The monoisotopic (exact) mass is 341 g/mol. The lowest BCUT2D eigenvalue weighted by atomic mass is 10.0. The molecule has 0 fully saturated rings. The summed E-state index contributed by atoms with van der Waals surface area (Å²) in [6, 6.07) is 16.2. The molecule has 3 N–H and O–H groups in total. The number of nitrogens with one attached hydrogen (secondary N) is 2. The van der Waals surface area contributed by atoms with Gasteiger partial charge in [-0.1, -0.05) is 54.1 Å². The fourth-order valence-corrected chi connectivity index (χ4v) is 2.94. The van der Waals surface area contributed by atoms with Crippen molar-refractivity contribution in [2.75, 3.05) is 5.32 Å². The number of H-pyrrole nitrogens is 1. The normalized spacial score (nSPS) is 11.9. The van der Waals surface area contributed by atoms with E-state index in [9.17, 15) is 9.90 Å². The summed E-state index contributed by atoms with van der Waals surface area (Å²) in [6.45, 7) is 1.92. The quantitative estimate of drug-likeness (QED) is 0.633. The summed E-state index contributed by atoms with van der Waals surface area (Å²) in [5.74, 6) is -0.980. The van der Waals surface area contributed by atoms with Crippen molar-refractivity contribution in [1.82, 2.24) is 10.2 Å². The van der Waals surface area contributed by atoms with Gasteiger partial charge in [0.25, 0.3) is 0 Å². The van der Waals surface area contributed by atoms with Crippen LogP contribution in [0.25, 0.3) is 11.3 Å². The number of carboxylic acid groups (broad SMARTS) is 1. The van der Waals surface area contributed by atoms with Crippen LogP contribution < -0.4 is 5.32 Å². The second-order valence-corrected chi connectivity index (χ2v) is 5.76. The van der Waals surface area contributed by atoms with Crippen LogP contribution in [0.1, 0.15) is 28.9 Å². The predicted molar refractivity (Wildman–Crippen MR) is 94.5 cm³/mol. The summed E-state index contributed by atoms with van der Waals surface area (Å²) in [5, 5.41) is 20.1. The van der Waals surface area contributed by atoms with Crippen LogP contribution in [0.2, 0.25) is 5.15 Å². The van der Waals surface area contributed by atoms with Gasteiger partial charge in [-0.15, -0.1) is 0 Å². The molecule has 0 saturated carbocycles. The zero-order chi connectivity index (χ0) is 17.1. The summed E-state index contributed by atoms with van der Waals surface area (Å²) in [7, 11) is 0. The van der Waals surface area contributed by atoms with Gasteiger partial charge in [0.15, 0.2) is 0 Å². The number of anilines is 1. The van der Waals surface area contributed by atoms with Crippen LogP contribution in [0.3, 0.4) is 0 Å². The highest BCUT2D eigenvalue weighted by Crippen LogP contribution is 2.33. The van der Waals surface area contributed by atoms with Crippen molar-refractivity contribution in [3.63, 3.8) is 0 Å². The second kappa shape index (κ2) is 6.76. The number of carboxylic acids is 1. The molecule has 24 heavy (non-hydrogen) atoms. The Hall–Kier alpha value is -2.79. The van der Waals surface area contributed by atoms with Gasteiger partial charge in [0.05, 0.1) is 17.3 Å². The minimum absolute atomic E-state index is 0.213. The standard InChI is InChI=1S/C18H16ClN3O2/c1-11(20-14-10-6-5-9-13(14)18(23)24)15-16(21-22-17(15)19)12-7-3-2-4-8-12/h2-11,20H,1H3,(H,21,22)(H,23,24). The van der Waals surface area contributed by atoms with Crippen molar-refractivity contribution < 1.29 is 9.90 Å². The molecule has 0 aliphatic carbocycles. The number of para-hydroxylation sites is 1. The Morgan fingerprint density at radius 2 is 1.83 bits per heavy atom. The van der Waals surface area contributed by atoms with E-state index >= 15 is 0 Å². The van der Waals surface area contributed by atoms with Crippen LogP contribution in [0.5, 0.6) is 0 Å². The number of halogens is 1. The van der Waals surface area contributed by atoms with Crippen LogP contribution in [-0.2, 0) is 0 Å². The summed E-state index contributed by atoms with van der Waals surface area (Å²) in [5.41, 5.74) is 3.23. The number of aromatic nitrogens is 2. The molecule has 0 bridgehead atoms. The Kier molecular flexibility index (Phi) is 4.53. The maximum atomic E-state index is 11.4. The molecule has 0 amide bonds. The molecule has 0 spiro atoms. The molecular formula is C18H16ClN3O2. The van der Waals surface area contributed by atoms with Crippen LogP contribution in [0.15, 0.2) is 54.6 Å². The molecule has 5 nitrogen and oxygen atoms in total. The Morgan fingerprint density at radius 3 is 2.54 bits per heavy atom. The average Bonchev–Trinajstić information content (AvgIpc) is 2.97. The van der Waals surface area contributed by atoms with E-state index in [2.05, 4.69) is 15.5 Å². The highest BCUT2D eigenvalue weighted by atomic mass is 35.5.